The van der Waals surface area contributed by atoms with Gasteiger partial charge >= 0.3 is 11.9 Å². The lowest BCUT2D eigenvalue weighted by Crippen LogP contribution is -2.39. The molecule has 0 amide bonds. The van der Waals surface area contributed by atoms with Crippen molar-refractivity contribution in [1.82, 2.24) is 10.2 Å². The van der Waals surface area contributed by atoms with Gasteiger partial charge in [-0.25, -0.2) is 9.59 Å². The van der Waals surface area contributed by atoms with Crippen molar-refractivity contribution in [2.24, 2.45) is 0 Å². The summed E-state index contributed by atoms with van der Waals surface area (Å²) in [6.45, 7) is 2.96. The number of aliphatic carboxylic acids is 2. The number of nitrogens with zero attached hydrogens (tertiary/aromatic N) is 1. The fraction of sp³-hybridized carbons (Fsp3) is 0.391. The molecule has 3 N–H and O–H groups in total. The van der Waals surface area contributed by atoms with Crippen LogP contribution in [0.2, 0.25) is 5.02 Å². The second kappa shape index (κ2) is 12.9. The van der Waals surface area contributed by atoms with E-state index < -0.39 is 11.9 Å². The predicted molar refractivity (Wildman–Crippen MR) is 122 cm³/mol. The molecule has 0 bridgehead atoms. The third-order valence-electron chi connectivity index (χ3n) is 4.80. The number of ether oxygens (including phenoxy) is 2. The minimum atomic E-state index is -1.82. The molecule has 1 unspecified atom stereocenters. The molecule has 0 spiro atoms. The van der Waals surface area contributed by atoms with Gasteiger partial charge in [-0.3, -0.25) is 0 Å². The van der Waals surface area contributed by atoms with Gasteiger partial charge in [-0.15, -0.1) is 0 Å². The molecule has 1 aliphatic heterocycles. The van der Waals surface area contributed by atoms with Crippen molar-refractivity contribution in [3.05, 3.63) is 58.6 Å². The number of carboxylic acids is 2. The molecule has 0 aliphatic carbocycles. The molecule has 3 rings (SSSR count). The molecule has 1 heterocycles. The number of halogens is 1. The first-order valence-corrected chi connectivity index (χ1v) is 10.6. The predicted octanol–water partition coefficient (Wildman–Crippen LogP) is 2.92. The fourth-order valence-corrected chi connectivity index (χ4v) is 3.38. The Labute approximate surface area is 192 Å². The van der Waals surface area contributed by atoms with Gasteiger partial charge in [-0.1, -0.05) is 41.9 Å². The summed E-state index contributed by atoms with van der Waals surface area (Å²) in [6.07, 6.45) is 1.89. The molecule has 174 valence electrons. The summed E-state index contributed by atoms with van der Waals surface area (Å²) >= 11 is 6.38. The molecule has 0 fully saturated rings. The van der Waals surface area contributed by atoms with Crippen LogP contribution in [0.5, 0.6) is 11.5 Å². The van der Waals surface area contributed by atoms with Gasteiger partial charge in [-0.05, 0) is 43.8 Å². The average molecular weight is 465 g/mol. The van der Waals surface area contributed by atoms with Crippen LogP contribution in [0, 0.1) is 0 Å². The Kier molecular flexibility index (Phi) is 10.3. The highest BCUT2D eigenvalue weighted by Gasteiger charge is 2.16. The van der Waals surface area contributed by atoms with Crippen molar-refractivity contribution >= 4 is 23.5 Å². The summed E-state index contributed by atoms with van der Waals surface area (Å²) in [5.74, 6) is -2.23. The lowest BCUT2D eigenvalue weighted by atomic mass is 10.1. The lowest BCUT2D eigenvalue weighted by Gasteiger charge is -2.25. The van der Waals surface area contributed by atoms with E-state index in [-0.39, 0.29) is 0 Å². The van der Waals surface area contributed by atoms with Gasteiger partial charge in [0.15, 0.2) is 11.5 Å². The normalized spacial score (nSPS) is 13.5. The first-order valence-electron chi connectivity index (χ1n) is 10.2. The van der Waals surface area contributed by atoms with Crippen LogP contribution in [0.3, 0.4) is 0 Å². The van der Waals surface area contributed by atoms with E-state index in [0.29, 0.717) is 30.0 Å². The Balaban J connectivity index is 0.000000534. The van der Waals surface area contributed by atoms with Crippen LogP contribution in [0.4, 0.5) is 0 Å². The number of hydrogen-bond acceptors (Lipinski definition) is 6. The second-order valence-corrected chi connectivity index (χ2v) is 7.91. The molecule has 9 heteroatoms. The van der Waals surface area contributed by atoms with Gasteiger partial charge in [0.05, 0.1) is 18.2 Å². The third kappa shape index (κ3) is 8.37. The highest BCUT2D eigenvalue weighted by molar-refractivity contribution is 6.32. The highest BCUT2D eigenvalue weighted by Crippen LogP contribution is 2.37. The smallest absolute Gasteiger partial charge is 0.414 e. The number of rotatable bonds is 7. The molecule has 1 atom stereocenters. The monoisotopic (exact) mass is 464 g/mol. The van der Waals surface area contributed by atoms with E-state index in [1.165, 1.54) is 5.56 Å². The number of carbonyl (C=O) groups is 2. The Hall–Kier alpha value is -2.81. The zero-order valence-electron chi connectivity index (χ0n) is 18.2. The number of likely N-dealkylation sites (N-methyl/N-ethyl adjacent to an activating group) is 1. The van der Waals surface area contributed by atoms with Crippen molar-refractivity contribution in [2.45, 2.75) is 25.4 Å². The van der Waals surface area contributed by atoms with Crippen LogP contribution >= 0.6 is 11.6 Å². The van der Waals surface area contributed by atoms with Crippen LogP contribution in [-0.4, -0.2) is 66.9 Å². The summed E-state index contributed by atoms with van der Waals surface area (Å²) in [7, 11) is 4.25. The fourth-order valence-electron chi connectivity index (χ4n) is 3.09. The lowest BCUT2D eigenvalue weighted by molar-refractivity contribution is -0.159. The van der Waals surface area contributed by atoms with Crippen molar-refractivity contribution in [2.75, 3.05) is 33.9 Å². The third-order valence-corrected chi connectivity index (χ3v) is 5.08. The van der Waals surface area contributed by atoms with E-state index in [0.717, 1.165) is 37.2 Å². The van der Waals surface area contributed by atoms with Crippen LogP contribution < -0.4 is 14.8 Å². The highest BCUT2D eigenvalue weighted by atomic mass is 35.5. The molecule has 0 aromatic heterocycles. The topological polar surface area (TPSA) is 108 Å². The summed E-state index contributed by atoms with van der Waals surface area (Å²) < 4.78 is 11.5. The van der Waals surface area contributed by atoms with Crippen molar-refractivity contribution in [3.8, 4) is 11.5 Å². The maximum Gasteiger partial charge on any atom is 0.414 e. The van der Waals surface area contributed by atoms with Crippen LogP contribution in [0.15, 0.2) is 42.5 Å². The molecule has 8 nitrogen and oxygen atoms in total. The van der Waals surface area contributed by atoms with Crippen molar-refractivity contribution in [3.63, 3.8) is 0 Å². The number of benzene rings is 2. The molecule has 2 aromatic rings. The molecule has 0 saturated heterocycles. The minimum absolute atomic E-state index is 0.424. The van der Waals surface area contributed by atoms with E-state index in [9.17, 15) is 0 Å². The molecular weight excluding hydrogens is 436 g/mol. The standard InChI is InChI=1S/C21H27ClN2O2.C2H2O4/c1-24(2)18(11-16-7-4-3-5-8-16)15-23-14-17-12-19(22)21-20(13-17)25-9-6-10-26-21;3-1(4)2(5)6/h3-5,7-8,12-13,18,23H,6,9-11,14-15H2,1-2H3;(H,3,4)(H,5,6). The van der Waals surface area contributed by atoms with Crippen LogP contribution in [-0.2, 0) is 22.6 Å². The Morgan fingerprint density at radius 3 is 2.34 bits per heavy atom. The maximum atomic E-state index is 9.10. The van der Waals surface area contributed by atoms with E-state index in [2.05, 4.69) is 54.6 Å². The Morgan fingerprint density at radius 1 is 1.06 bits per heavy atom. The van der Waals surface area contributed by atoms with E-state index in [1.54, 1.807) is 0 Å². The largest absolute Gasteiger partial charge is 0.489 e. The molecule has 0 saturated carbocycles. The van der Waals surface area contributed by atoms with Gasteiger partial charge < -0.3 is 29.9 Å². The average Bonchev–Trinajstić information content (AvgIpc) is 3.00. The summed E-state index contributed by atoms with van der Waals surface area (Å²) in [5, 5.41) is 19.0. The van der Waals surface area contributed by atoms with Gasteiger partial charge in [-0.2, -0.15) is 0 Å². The second-order valence-electron chi connectivity index (χ2n) is 7.50. The maximum absolute atomic E-state index is 9.10. The van der Waals surface area contributed by atoms with Gasteiger partial charge in [0, 0.05) is 25.6 Å². The molecule has 32 heavy (non-hydrogen) atoms. The first-order chi connectivity index (χ1) is 15.3. The van der Waals surface area contributed by atoms with Gasteiger partial charge in [0.25, 0.3) is 0 Å². The quantitative estimate of drug-likeness (QED) is 0.537. The van der Waals surface area contributed by atoms with Crippen molar-refractivity contribution in [1.29, 1.82) is 0 Å². The SMILES string of the molecule is CN(C)C(CNCc1cc(Cl)c2c(c1)OCCCO2)Cc1ccccc1.O=C(O)C(=O)O. The number of fused-ring (bicyclic) bond motifs is 1. The molecule has 0 radical (unpaired) electrons. The number of hydrogen-bond donors (Lipinski definition) is 3. The zero-order valence-corrected chi connectivity index (χ0v) is 19.0. The van der Waals surface area contributed by atoms with Crippen LogP contribution in [0.25, 0.3) is 0 Å². The Morgan fingerprint density at radius 2 is 1.72 bits per heavy atom. The number of carboxylic acid groups (broad SMARTS) is 2. The Bertz CT molecular complexity index is 880. The number of nitrogens with one attached hydrogen (secondary N) is 1. The van der Waals surface area contributed by atoms with E-state index in [4.69, 9.17) is 40.9 Å². The van der Waals surface area contributed by atoms with Gasteiger partial charge in [0.2, 0.25) is 0 Å². The zero-order chi connectivity index (χ0) is 23.5. The van der Waals surface area contributed by atoms with Crippen LogP contribution in [0.1, 0.15) is 17.5 Å². The summed E-state index contributed by atoms with van der Waals surface area (Å²) in [4.78, 5) is 20.5. The molecular formula is C23H29ClN2O6. The summed E-state index contributed by atoms with van der Waals surface area (Å²) in [6, 6.07) is 15.0. The molecule has 1 aliphatic rings. The minimum Gasteiger partial charge on any atom is -0.489 e. The molecule has 2 aromatic carbocycles. The van der Waals surface area contributed by atoms with Crippen molar-refractivity contribution < 1.29 is 29.3 Å². The van der Waals surface area contributed by atoms with Gasteiger partial charge in [0.1, 0.15) is 0 Å². The summed E-state index contributed by atoms with van der Waals surface area (Å²) in [5.41, 5.74) is 2.46. The van der Waals surface area contributed by atoms with E-state index in [1.807, 2.05) is 12.1 Å². The van der Waals surface area contributed by atoms with E-state index >= 15 is 0 Å². The first kappa shape index (κ1) is 25.5.